The predicted octanol–water partition coefficient (Wildman–Crippen LogP) is 12.4. The van der Waals surface area contributed by atoms with Crippen LogP contribution in [0.1, 0.15) is 181 Å². The molecule has 1 atom stereocenters. The number of carbonyl (C=O) groups excluding carboxylic acids is 2. The number of rotatable bonds is 35. The Morgan fingerprint density at radius 1 is 0.500 bits per heavy atom. The fraction of sp³-hybridized carbons (Fsp3) is 0.721. The number of allylic oxidation sites excluding steroid dienone is 10. The largest absolute Gasteiger partial charge is 0.462 e. The van der Waals surface area contributed by atoms with Crippen molar-refractivity contribution in [2.45, 2.75) is 187 Å². The summed E-state index contributed by atoms with van der Waals surface area (Å²) in [6.07, 6.45) is 49.9. The zero-order chi connectivity index (χ0) is 35.0. The molecule has 5 heteroatoms. The topological polar surface area (TPSA) is 72.8 Å². The molecule has 0 rings (SSSR count). The molecular formula is C43H74O5. The number of ether oxygens (including phenoxy) is 2. The van der Waals surface area contributed by atoms with Crippen molar-refractivity contribution in [2.75, 3.05) is 13.2 Å². The third-order valence-corrected chi connectivity index (χ3v) is 8.30. The van der Waals surface area contributed by atoms with Crippen LogP contribution < -0.4 is 0 Å². The lowest BCUT2D eigenvalue weighted by molar-refractivity contribution is -0.161. The molecule has 0 heterocycles. The second kappa shape index (κ2) is 39.0. The molecule has 0 radical (unpaired) electrons. The van der Waals surface area contributed by atoms with Crippen molar-refractivity contribution in [3.05, 3.63) is 60.8 Å². The van der Waals surface area contributed by atoms with Gasteiger partial charge in [-0.05, 0) is 77.0 Å². The Balaban J connectivity index is 3.59. The van der Waals surface area contributed by atoms with Crippen LogP contribution in [0.4, 0.5) is 0 Å². The molecule has 0 saturated carbocycles. The first-order chi connectivity index (χ1) is 23.6. The number of aliphatic hydroxyl groups excluding tert-OH is 1. The number of carbonyl (C=O) groups is 2. The van der Waals surface area contributed by atoms with Gasteiger partial charge >= 0.3 is 11.9 Å². The lowest BCUT2D eigenvalue weighted by Crippen LogP contribution is -2.28. The maximum Gasteiger partial charge on any atom is 0.306 e. The van der Waals surface area contributed by atoms with E-state index in [9.17, 15) is 14.7 Å². The molecule has 0 spiro atoms. The van der Waals surface area contributed by atoms with Gasteiger partial charge in [-0.25, -0.2) is 0 Å². The van der Waals surface area contributed by atoms with E-state index in [1.54, 1.807) is 0 Å². The number of esters is 2. The summed E-state index contributed by atoms with van der Waals surface area (Å²) >= 11 is 0. The van der Waals surface area contributed by atoms with Gasteiger partial charge in [0.1, 0.15) is 6.61 Å². The highest BCUT2D eigenvalue weighted by Crippen LogP contribution is 2.13. The van der Waals surface area contributed by atoms with Crippen LogP contribution in [0.25, 0.3) is 0 Å². The second-order valence-corrected chi connectivity index (χ2v) is 13.0. The molecule has 0 aliphatic rings. The van der Waals surface area contributed by atoms with E-state index in [4.69, 9.17) is 9.47 Å². The van der Waals surface area contributed by atoms with Gasteiger partial charge in [-0.1, -0.05) is 152 Å². The van der Waals surface area contributed by atoms with Gasteiger partial charge < -0.3 is 14.6 Å². The minimum absolute atomic E-state index is 0.0771. The normalized spacial score (nSPS) is 12.8. The standard InChI is InChI=1S/C43H74O5/c1-3-5-7-9-11-13-15-17-19-20-21-22-24-25-27-29-31-33-35-37-42(45)47-40-41(39-44)48-43(46)38-36-34-32-30-28-26-23-18-16-14-12-10-8-6-4-2/h6,8,11-14,17-19,23,41,44H,3-5,7,9-10,15-16,20-22,24-40H2,1-2H3/t41-/m0/s1. The molecule has 276 valence electrons. The van der Waals surface area contributed by atoms with Crippen molar-refractivity contribution in [1.29, 1.82) is 0 Å². The van der Waals surface area contributed by atoms with Crippen molar-refractivity contribution in [2.24, 2.45) is 0 Å². The highest BCUT2D eigenvalue weighted by molar-refractivity contribution is 5.70. The molecule has 0 bridgehead atoms. The summed E-state index contributed by atoms with van der Waals surface area (Å²) in [7, 11) is 0. The van der Waals surface area contributed by atoms with Gasteiger partial charge in [0, 0.05) is 12.8 Å². The minimum atomic E-state index is -0.783. The van der Waals surface area contributed by atoms with Gasteiger partial charge in [-0.15, -0.1) is 0 Å². The van der Waals surface area contributed by atoms with Crippen LogP contribution in [-0.4, -0.2) is 36.4 Å². The molecule has 0 saturated heterocycles. The molecule has 1 N–H and O–H groups in total. The van der Waals surface area contributed by atoms with E-state index in [0.717, 1.165) is 77.0 Å². The third-order valence-electron chi connectivity index (χ3n) is 8.30. The lowest BCUT2D eigenvalue weighted by Gasteiger charge is -2.15. The van der Waals surface area contributed by atoms with Gasteiger partial charge in [0.15, 0.2) is 6.10 Å². The average Bonchev–Trinajstić information content (AvgIpc) is 3.09. The van der Waals surface area contributed by atoms with E-state index in [0.29, 0.717) is 12.8 Å². The van der Waals surface area contributed by atoms with Gasteiger partial charge in [-0.3, -0.25) is 9.59 Å². The van der Waals surface area contributed by atoms with Crippen LogP contribution in [0, 0.1) is 0 Å². The molecular weight excluding hydrogens is 596 g/mol. The van der Waals surface area contributed by atoms with Gasteiger partial charge in [0.05, 0.1) is 6.61 Å². The quantitative estimate of drug-likeness (QED) is 0.0413. The Morgan fingerprint density at radius 2 is 0.896 bits per heavy atom. The van der Waals surface area contributed by atoms with Crippen LogP contribution in [-0.2, 0) is 19.1 Å². The predicted molar refractivity (Wildman–Crippen MR) is 205 cm³/mol. The summed E-state index contributed by atoms with van der Waals surface area (Å²) in [6.45, 7) is 3.98. The van der Waals surface area contributed by atoms with Crippen LogP contribution in [0.2, 0.25) is 0 Å². The number of unbranched alkanes of at least 4 members (excludes halogenated alkanes) is 17. The molecule has 0 aliphatic heterocycles. The van der Waals surface area contributed by atoms with Gasteiger partial charge in [0.25, 0.3) is 0 Å². The first-order valence-electron chi connectivity index (χ1n) is 19.8. The summed E-state index contributed by atoms with van der Waals surface area (Å²) in [5, 5.41) is 9.55. The molecule has 5 nitrogen and oxygen atoms in total. The van der Waals surface area contributed by atoms with Crippen LogP contribution in [0.5, 0.6) is 0 Å². The number of aliphatic hydroxyl groups is 1. The monoisotopic (exact) mass is 671 g/mol. The Kier molecular flexibility index (Phi) is 37.1. The van der Waals surface area contributed by atoms with Crippen molar-refractivity contribution in [3.8, 4) is 0 Å². The maximum absolute atomic E-state index is 12.2. The van der Waals surface area contributed by atoms with Crippen molar-refractivity contribution in [3.63, 3.8) is 0 Å². The van der Waals surface area contributed by atoms with Crippen molar-refractivity contribution >= 4 is 11.9 Å². The molecule has 48 heavy (non-hydrogen) atoms. The number of hydrogen-bond donors (Lipinski definition) is 1. The van der Waals surface area contributed by atoms with Crippen molar-refractivity contribution in [1.82, 2.24) is 0 Å². The SMILES string of the molecule is CCC=CCC=CCC=CCCCCCCCC(=O)O[C@@H](CO)COC(=O)CCCCCCCCCCCC=CCC=CCCCCC. The zero-order valence-corrected chi connectivity index (χ0v) is 31.2. The third kappa shape index (κ3) is 36.4. The Labute approximate surface area is 296 Å². The van der Waals surface area contributed by atoms with E-state index in [1.165, 1.54) is 77.0 Å². The Morgan fingerprint density at radius 3 is 1.35 bits per heavy atom. The second-order valence-electron chi connectivity index (χ2n) is 13.0. The van der Waals surface area contributed by atoms with Crippen molar-refractivity contribution < 1.29 is 24.2 Å². The summed E-state index contributed by atoms with van der Waals surface area (Å²) in [5.74, 6) is -0.618. The lowest BCUT2D eigenvalue weighted by atomic mass is 10.1. The maximum atomic E-state index is 12.2. The van der Waals surface area contributed by atoms with Gasteiger partial charge in [-0.2, -0.15) is 0 Å². The van der Waals surface area contributed by atoms with E-state index < -0.39 is 6.10 Å². The molecule has 0 aromatic heterocycles. The van der Waals surface area contributed by atoms with E-state index in [2.05, 4.69) is 74.6 Å². The summed E-state index contributed by atoms with van der Waals surface area (Å²) < 4.78 is 10.6. The number of hydrogen-bond acceptors (Lipinski definition) is 5. The summed E-state index contributed by atoms with van der Waals surface area (Å²) in [4.78, 5) is 24.3. The first kappa shape index (κ1) is 45.6. The molecule has 0 unspecified atom stereocenters. The molecule has 0 aromatic carbocycles. The smallest absolute Gasteiger partial charge is 0.306 e. The van der Waals surface area contributed by atoms with E-state index >= 15 is 0 Å². The summed E-state index contributed by atoms with van der Waals surface area (Å²) in [5.41, 5.74) is 0. The molecule has 0 aromatic rings. The van der Waals surface area contributed by atoms with E-state index in [1.807, 2.05) is 0 Å². The minimum Gasteiger partial charge on any atom is -0.462 e. The van der Waals surface area contributed by atoms with E-state index in [-0.39, 0.29) is 25.2 Å². The molecule has 0 fully saturated rings. The van der Waals surface area contributed by atoms with Crippen LogP contribution >= 0.6 is 0 Å². The first-order valence-corrected chi connectivity index (χ1v) is 19.8. The average molecular weight is 671 g/mol. The van der Waals surface area contributed by atoms with Crippen LogP contribution in [0.15, 0.2) is 60.8 Å². The molecule has 0 amide bonds. The van der Waals surface area contributed by atoms with Crippen LogP contribution in [0.3, 0.4) is 0 Å². The molecule has 0 aliphatic carbocycles. The fourth-order valence-electron chi connectivity index (χ4n) is 5.30. The van der Waals surface area contributed by atoms with Gasteiger partial charge in [0.2, 0.25) is 0 Å². The zero-order valence-electron chi connectivity index (χ0n) is 31.2. The Bertz CT molecular complexity index is 853. The highest BCUT2D eigenvalue weighted by Gasteiger charge is 2.16. The summed E-state index contributed by atoms with van der Waals surface area (Å²) in [6, 6.07) is 0. The highest BCUT2D eigenvalue weighted by atomic mass is 16.6. The fourth-order valence-corrected chi connectivity index (χ4v) is 5.30. The Hall–Kier alpha value is -2.40.